The summed E-state index contributed by atoms with van der Waals surface area (Å²) >= 11 is 1.79. The molecule has 7 heteroatoms. The summed E-state index contributed by atoms with van der Waals surface area (Å²) in [5.41, 5.74) is 3.28. The maximum absolute atomic E-state index is 9.74. The van der Waals surface area contributed by atoms with Crippen molar-refractivity contribution in [3.05, 3.63) is 53.3 Å². The Labute approximate surface area is 168 Å². The van der Waals surface area contributed by atoms with Crippen LogP contribution in [0.5, 0.6) is 0 Å². The molecule has 0 amide bonds. The Bertz CT molecular complexity index is 952. The number of thiazole rings is 1. The Balaban J connectivity index is 1.35. The van der Waals surface area contributed by atoms with Crippen LogP contribution in [-0.4, -0.2) is 45.8 Å². The topological polar surface area (TPSA) is 65.4 Å². The lowest BCUT2D eigenvalue weighted by atomic mass is 10.1. The molecule has 5 heterocycles. The monoisotopic (exact) mass is 393 g/mol. The van der Waals surface area contributed by atoms with Gasteiger partial charge in [0.15, 0.2) is 5.13 Å². The van der Waals surface area contributed by atoms with Crippen LogP contribution in [0.2, 0.25) is 0 Å². The molecule has 5 rings (SSSR count). The molecule has 0 radical (unpaired) electrons. The van der Waals surface area contributed by atoms with Gasteiger partial charge in [0, 0.05) is 48.9 Å². The molecule has 6 nitrogen and oxygen atoms in total. The third kappa shape index (κ3) is 3.47. The maximum atomic E-state index is 9.74. The highest BCUT2D eigenvalue weighted by Crippen LogP contribution is 2.34. The molecule has 3 aromatic heterocycles. The van der Waals surface area contributed by atoms with Gasteiger partial charge >= 0.3 is 0 Å². The summed E-state index contributed by atoms with van der Waals surface area (Å²) in [6.07, 6.45) is 6.14. The van der Waals surface area contributed by atoms with Crippen LogP contribution < -0.4 is 9.80 Å². The zero-order valence-corrected chi connectivity index (χ0v) is 16.5. The Hall–Kier alpha value is -2.51. The third-order valence-electron chi connectivity index (χ3n) is 5.49. The lowest BCUT2D eigenvalue weighted by molar-refractivity contribution is 0.145. The van der Waals surface area contributed by atoms with Crippen molar-refractivity contribution < 1.29 is 5.11 Å². The van der Waals surface area contributed by atoms with Gasteiger partial charge < -0.3 is 14.9 Å². The van der Waals surface area contributed by atoms with E-state index in [1.165, 1.54) is 10.6 Å². The molecule has 0 unspecified atom stereocenters. The Kier molecular flexibility index (Phi) is 4.70. The quantitative estimate of drug-likeness (QED) is 0.738. The number of hydrogen-bond acceptors (Lipinski definition) is 7. The molecule has 0 spiro atoms. The number of hydrogen-bond donors (Lipinski definition) is 1. The lowest BCUT2D eigenvalue weighted by Gasteiger charge is -2.29. The summed E-state index contributed by atoms with van der Waals surface area (Å²) < 4.78 is 0. The number of aliphatic hydroxyl groups is 1. The van der Waals surface area contributed by atoms with Crippen molar-refractivity contribution in [2.24, 2.45) is 0 Å². The average Bonchev–Trinajstić information content (AvgIpc) is 3.18. The number of piperidine rings is 1. The minimum absolute atomic E-state index is 0.154. The van der Waals surface area contributed by atoms with Crippen molar-refractivity contribution in [3.8, 4) is 11.3 Å². The van der Waals surface area contributed by atoms with Gasteiger partial charge in [-0.2, -0.15) is 0 Å². The molecule has 0 saturated carbocycles. The SMILES string of the molecule is OC1CCN(c2nc3c(s2)CN(c2cc(-c4ccccn4)ccn2)CC3)CC1. The molecule has 0 atom stereocenters. The molecule has 28 heavy (non-hydrogen) atoms. The van der Waals surface area contributed by atoms with Crippen molar-refractivity contribution in [1.29, 1.82) is 0 Å². The van der Waals surface area contributed by atoms with E-state index in [0.717, 1.165) is 67.6 Å². The molecular formula is C21H23N5OS. The maximum Gasteiger partial charge on any atom is 0.185 e. The van der Waals surface area contributed by atoms with Crippen molar-refractivity contribution in [2.75, 3.05) is 29.4 Å². The predicted molar refractivity (Wildman–Crippen MR) is 112 cm³/mol. The van der Waals surface area contributed by atoms with Crippen LogP contribution in [0.25, 0.3) is 11.3 Å². The van der Waals surface area contributed by atoms with Crippen LogP contribution in [0.15, 0.2) is 42.7 Å². The summed E-state index contributed by atoms with van der Waals surface area (Å²) in [4.78, 5) is 19.9. The summed E-state index contributed by atoms with van der Waals surface area (Å²) in [6.45, 7) is 3.56. The summed E-state index contributed by atoms with van der Waals surface area (Å²) in [6, 6.07) is 10.1. The van der Waals surface area contributed by atoms with E-state index in [-0.39, 0.29) is 6.10 Å². The Morgan fingerprint density at radius 1 is 1.00 bits per heavy atom. The van der Waals surface area contributed by atoms with Gasteiger partial charge in [0.05, 0.1) is 24.0 Å². The van der Waals surface area contributed by atoms with Gasteiger partial charge in [-0.25, -0.2) is 9.97 Å². The van der Waals surface area contributed by atoms with Gasteiger partial charge in [-0.05, 0) is 37.1 Å². The van der Waals surface area contributed by atoms with Crippen molar-refractivity contribution in [3.63, 3.8) is 0 Å². The fourth-order valence-electron chi connectivity index (χ4n) is 3.85. The van der Waals surface area contributed by atoms with Gasteiger partial charge in [0.1, 0.15) is 5.82 Å². The highest BCUT2D eigenvalue weighted by Gasteiger charge is 2.25. The van der Waals surface area contributed by atoms with E-state index in [9.17, 15) is 5.11 Å². The van der Waals surface area contributed by atoms with Gasteiger partial charge in [-0.3, -0.25) is 4.98 Å². The van der Waals surface area contributed by atoms with Crippen LogP contribution in [0.3, 0.4) is 0 Å². The highest BCUT2D eigenvalue weighted by atomic mass is 32.1. The van der Waals surface area contributed by atoms with Crippen molar-refractivity contribution >= 4 is 22.3 Å². The number of aliphatic hydroxyl groups excluding tert-OH is 1. The van der Waals surface area contributed by atoms with E-state index in [0.29, 0.717) is 0 Å². The van der Waals surface area contributed by atoms with Crippen LogP contribution in [-0.2, 0) is 13.0 Å². The minimum Gasteiger partial charge on any atom is -0.393 e. The molecule has 2 aliphatic rings. The molecule has 144 valence electrons. The molecule has 0 bridgehead atoms. The molecule has 0 aromatic carbocycles. The molecule has 3 aromatic rings. The first kappa shape index (κ1) is 17.6. The zero-order valence-electron chi connectivity index (χ0n) is 15.7. The molecule has 0 aliphatic carbocycles. The number of anilines is 2. The second-order valence-electron chi connectivity index (χ2n) is 7.37. The van der Waals surface area contributed by atoms with Gasteiger partial charge in [0.2, 0.25) is 0 Å². The van der Waals surface area contributed by atoms with E-state index >= 15 is 0 Å². The first-order chi connectivity index (χ1) is 13.8. The molecular weight excluding hydrogens is 370 g/mol. The number of nitrogens with zero attached hydrogens (tertiary/aromatic N) is 5. The van der Waals surface area contributed by atoms with Gasteiger partial charge in [0.25, 0.3) is 0 Å². The second-order valence-corrected chi connectivity index (χ2v) is 8.44. The third-order valence-corrected chi connectivity index (χ3v) is 6.63. The summed E-state index contributed by atoms with van der Waals surface area (Å²) in [5, 5.41) is 10.8. The standard InChI is InChI=1S/C21H23N5OS/c27-16-5-10-25(11-6-16)21-24-18-7-12-26(14-19(18)28-21)20-13-15(4-9-23-20)17-3-1-2-8-22-17/h1-4,8-9,13,16,27H,5-7,10-12,14H2. The number of aromatic nitrogens is 3. The van der Waals surface area contributed by atoms with E-state index in [1.54, 1.807) is 11.3 Å². The fraction of sp³-hybridized carbons (Fsp3) is 0.381. The minimum atomic E-state index is -0.154. The van der Waals surface area contributed by atoms with Crippen molar-refractivity contribution in [2.45, 2.75) is 31.9 Å². The smallest absolute Gasteiger partial charge is 0.185 e. The molecule has 2 aliphatic heterocycles. The van der Waals surface area contributed by atoms with Gasteiger partial charge in [-0.15, -0.1) is 0 Å². The van der Waals surface area contributed by atoms with Crippen LogP contribution in [0, 0.1) is 0 Å². The predicted octanol–water partition coefficient (Wildman–Crippen LogP) is 3.12. The van der Waals surface area contributed by atoms with E-state index in [1.807, 2.05) is 36.7 Å². The lowest BCUT2D eigenvalue weighted by Crippen LogP contribution is -2.35. The molecule has 1 N–H and O–H groups in total. The Morgan fingerprint density at radius 2 is 1.89 bits per heavy atom. The normalized spacial score (nSPS) is 17.6. The van der Waals surface area contributed by atoms with Crippen LogP contribution in [0.1, 0.15) is 23.4 Å². The van der Waals surface area contributed by atoms with E-state index < -0.39 is 0 Å². The Morgan fingerprint density at radius 3 is 2.71 bits per heavy atom. The second kappa shape index (κ2) is 7.48. The first-order valence-electron chi connectivity index (χ1n) is 9.80. The van der Waals surface area contributed by atoms with Gasteiger partial charge in [-0.1, -0.05) is 17.4 Å². The zero-order chi connectivity index (χ0) is 18.9. The molecule has 1 saturated heterocycles. The molecule has 1 fully saturated rings. The summed E-state index contributed by atoms with van der Waals surface area (Å²) in [7, 11) is 0. The average molecular weight is 394 g/mol. The van der Waals surface area contributed by atoms with Crippen LogP contribution in [0.4, 0.5) is 10.9 Å². The van der Waals surface area contributed by atoms with E-state index in [2.05, 4.69) is 25.8 Å². The largest absolute Gasteiger partial charge is 0.393 e. The first-order valence-corrected chi connectivity index (χ1v) is 10.6. The number of fused-ring (bicyclic) bond motifs is 1. The van der Waals surface area contributed by atoms with E-state index in [4.69, 9.17) is 4.98 Å². The summed E-state index contributed by atoms with van der Waals surface area (Å²) in [5.74, 6) is 0.991. The highest BCUT2D eigenvalue weighted by molar-refractivity contribution is 7.15. The van der Waals surface area contributed by atoms with Crippen molar-refractivity contribution in [1.82, 2.24) is 15.0 Å². The number of pyridine rings is 2. The number of rotatable bonds is 3. The van der Waals surface area contributed by atoms with Crippen LogP contribution >= 0.6 is 11.3 Å². The fourth-order valence-corrected chi connectivity index (χ4v) is 5.03.